The fourth-order valence-corrected chi connectivity index (χ4v) is 3.50. The van der Waals surface area contributed by atoms with Crippen LogP contribution in [0.2, 0.25) is 0 Å². The van der Waals surface area contributed by atoms with Gasteiger partial charge in [-0.05, 0) is 25.1 Å². The Morgan fingerprint density at radius 1 is 1.08 bits per heavy atom. The first-order valence-corrected chi connectivity index (χ1v) is 9.15. The van der Waals surface area contributed by atoms with E-state index in [0.29, 0.717) is 4.90 Å². The summed E-state index contributed by atoms with van der Waals surface area (Å²) >= 11 is -1.44. The Balaban J connectivity index is 1.89. The van der Waals surface area contributed by atoms with E-state index in [9.17, 15) is 4.55 Å². The molecule has 2 aromatic heterocycles. The minimum Gasteiger partial charge on any atom is -0.593 e. The van der Waals surface area contributed by atoms with Gasteiger partial charge in [0, 0.05) is 35.3 Å². The van der Waals surface area contributed by atoms with E-state index in [0.717, 1.165) is 22.4 Å². The number of nitrogens with two attached hydrogens (primary N) is 1. The predicted molar refractivity (Wildman–Crippen MR) is 101 cm³/mol. The molecule has 4 N–H and O–H groups in total. The van der Waals surface area contributed by atoms with Crippen molar-refractivity contribution in [3.63, 3.8) is 0 Å². The Morgan fingerprint density at radius 2 is 1.77 bits per heavy atom. The number of nitrogens with one attached hydrogen (secondary N) is 1. The molecule has 3 rings (SSSR count). The number of pyridine rings is 1. The molecule has 0 fully saturated rings. The minimum absolute atomic E-state index is 0.0895. The van der Waals surface area contributed by atoms with Gasteiger partial charge in [0.25, 0.3) is 0 Å². The Hall–Kier alpha value is -2.52. The first kappa shape index (κ1) is 18.3. The zero-order valence-corrected chi connectivity index (χ0v) is 15.0. The third-order valence-corrected chi connectivity index (χ3v) is 5.08. The summed E-state index contributed by atoms with van der Waals surface area (Å²) in [7, 11) is 0. The number of rotatable bonds is 6. The van der Waals surface area contributed by atoms with Crippen molar-refractivity contribution in [1.82, 2.24) is 19.7 Å². The van der Waals surface area contributed by atoms with Crippen molar-refractivity contribution in [1.29, 1.82) is 0 Å². The van der Waals surface area contributed by atoms with Crippen LogP contribution in [0.25, 0.3) is 22.4 Å². The van der Waals surface area contributed by atoms with Gasteiger partial charge in [-0.25, -0.2) is 9.97 Å². The van der Waals surface area contributed by atoms with E-state index >= 15 is 0 Å². The summed E-state index contributed by atoms with van der Waals surface area (Å²) < 4.78 is 15.4. The molecule has 7 nitrogen and oxygen atoms in total. The number of aliphatic hydroxyl groups excluding tert-OH is 1. The normalized spacial score (nSPS) is 13.3. The van der Waals surface area contributed by atoms with E-state index < -0.39 is 11.4 Å². The summed E-state index contributed by atoms with van der Waals surface area (Å²) in [6.07, 6.45) is 4.96. The number of aromatic nitrogens is 3. The molecule has 1 aromatic carbocycles. The van der Waals surface area contributed by atoms with E-state index in [1.54, 1.807) is 31.6 Å². The lowest BCUT2D eigenvalue weighted by atomic mass is 10.1. The van der Waals surface area contributed by atoms with Gasteiger partial charge in [0.2, 0.25) is 5.95 Å². The van der Waals surface area contributed by atoms with E-state index in [1.807, 2.05) is 30.3 Å². The smallest absolute Gasteiger partial charge is 0.219 e. The van der Waals surface area contributed by atoms with Crippen LogP contribution in [0.15, 0.2) is 59.9 Å². The van der Waals surface area contributed by atoms with E-state index in [-0.39, 0.29) is 18.6 Å². The third kappa shape index (κ3) is 4.17. The van der Waals surface area contributed by atoms with Gasteiger partial charge in [0.1, 0.15) is 0 Å². The maximum Gasteiger partial charge on any atom is 0.219 e. The second-order valence-electron chi connectivity index (χ2n) is 5.73. The zero-order valence-electron chi connectivity index (χ0n) is 14.2. The summed E-state index contributed by atoms with van der Waals surface area (Å²) in [5.74, 6) is 0.214. The van der Waals surface area contributed by atoms with Crippen LogP contribution in [0.5, 0.6) is 0 Å². The molecule has 2 heterocycles. The standard InChI is InChI=1S/C18H19N5O2S/c1-12(11-24)23-26(25)17-5-3-2-4-15(17)13-6-7-16(20-8-13)14-9-21-18(19)22-10-14/h2-10,12,23-24H,11H2,1H3,(H2,19,21,22). The summed E-state index contributed by atoms with van der Waals surface area (Å²) in [4.78, 5) is 13.0. The molecule has 134 valence electrons. The van der Waals surface area contributed by atoms with Gasteiger partial charge in [-0.2, -0.15) is 0 Å². The topological polar surface area (TPSA) is 120 Å². The fraction of sp³-hybridized carbons (Fsp3) is 0.167. The molecule has 0 aliphatic rings. The van der Waals surface area contributed by atoms with Crippen molar-refractivity contribution in [2.75, 3.05) is 12.3 Å². The predicted octanol–water partition coefficient (Wildman–Crippen LogP) is 1.78. The van der Waals surface area contributed by atoms with E-state index in [1.165, 1.54) is 0 Å². The van der Waals surface area contributed by atoms with Crippen LogP contribution in [0.3, 0.4) is 0 Å². The Morgan fingerprint density at radius 3 is 2.42 bits per heavy atom. The fourth-order valence-electron chi connectivity index (χ4n) is 2.34. The Bertz CT molecular complexity index is 858. The third-order valence-electron chi connectivity index (χ3n) is 3.71. The van der Waals surface area contributed by atoms with Crippen molar-refractivity contribution in [3.05, 3.63) is 55.0 Å². The van der Waals surface area contributed by atoms with Crippen molar-refractivity contribution >= 4 is 17.3 Å². The molecule has 2 atom stereocenters. The van der Waals surface area contributed by atoms with Crippen LogP contribution >= 0.6 is 0 Å². The largest absolute Gasteiger partial charge is 0.593 e. The molecule has 0 saturated carbocycles. The van der Waals surface area contributed by atoms with Gasteiger partial charge in [0.05, 0.1) is 29.7 Å². The molecule has 0 amide bonds. The highest BCUT2D eigenvalue weighted by Gasteiger charge is 2.19. The average molecular weight is 369 g/mol. The summed E-state index contributed by atoms with van der Waals surface area (Å²) in [6.45, 7) is 1.68. The Kier molecular flexibility index (Phi) is 5.79. The summed E-state index contributed by atoms with van der Waals surface area (Å²) in [5, 5.41) is 9.15. The highest BCUT2D eigenvalue weighted by molar-refractivity contribution is 7.89. The molecule has 3 aromatic rings. The lowest BCUT2D eigenvalue weighted by Gasteiger charge is -2.17. The molecular formula is C18H19N5O2S. The molecule has 0 spiro atoms. The lowest BCUT2D eigenvalue weighted by Crippen LogP contribution is -2.35. The minimum atomic E-state index is -1.44. The van der Waals surface area contributed by atoms with Gasteiger partial charge >= 0.3 is 0 Å². The molecular weight excluding hydrogens is 350 g/mol. The number of anilines is 1. The highest BCUT2D eigenvalue weighted by atomic mass is 32.2. The maximum absolute atomic E-state index is 12.6. The van der Waals surface area contributed by atoms with Crippen molar-refractivity contribution in [2.24, 2.45) is 0 Å². The molecule has 0 aliphatic carbocycles. The first-order valence-electron chi connectivity index (χ1n) is 8.00. The van der Waals surface area contributed by atoms with Crippen molar-refractivity contribution in [3.8, 4) is 22.4 Å². The number of nitrogen functional groups attached to an aromatic ring is 1. The Labute approximate surface area is 154 Å². The molecule has 2 unspecified atom stereocenters. The van der Waals surface area contributed by atoms with Crippen LogP contribution in [0, 0.1) is 0 Å². The molecule has 0 radical (unpaired) electrons. The van der Waals surface area contributed by atoms with Crippen LogP contribution < -0.4 is 10.5 Å². The maximum atomic E-state index is 12.6. The van der Waals surface area contributed by atoms with Gasteiger partial charge in [-0.3, -0.25) is 4.98 Å². The SMILES string of the molecule is CC(CO)N[S+]([O-])c1ccccc1-c1ccc(-c2cnc(N)nc2)nc1. The van der Waals surface area contributed by atoms with Gasteiger partial charge in [0.15, 0.2) is 4.90 Å². The summed E-state index contributed by atoms with van der Waals surface area (Å²) in [6, 6.07) is 10.9. The van der Waals surface area contributed by atoms with Gasteiger partial charge in [-0.1, -0.05) is 18.2 Å². The molecule has 0 bridgehead atoms. The zero-order chi connectivity index (χ0) is 18.5. The van der Waals surface area contributed by atoms with Crippen LogP contribution in [-0.2, 0) is 11.4 Å². The quantitative estimate of drug-likeness (QED) is 0.566. The number of nitrogens with zero attached hydrogens (tertiary/aromatic N) is 3. The molecule has 0 aliphatic heterocycles. The van der Waals surface area contributed by atoms with Gasteiger partial charge < -0.3 is 15.4 Å². The van der Waals surface area contributed by atoms with Crippen molar-refractivity contribution < 1.29 is 9.66 Å². The van der Waals surface area contributed by atoms with Crippen LogP contribution in [0.1, 0.15) is 6.92 Å². The second kappa shape index (κ2) is 8.24. The van der Waals surface area contributed by atoms with Crippen LogP contribution in [-0.4, -0.2) is 37.3 Å². The highest BCUT2D eigenvalue weighted by Crippen LogP contribution is 2.28. The number of hydrogen-bond acceptors (Lipinski definition) is 7. The number of aliphatic hydroxyl groups is 1. The first-order chi connectivity index (χ1) is 12.6. The van der Waals surface area contributed by atoms with Crippen LogP contribution in [0.4, 0.5) is 5.95 Å². The average Bonchev–Trinajstić information content (AvgIpc) is 2.68. The second-order valence-corrected chi connectivity index (χ2v) is 6.94. The number of benzene rings is 1. The monoisotopic (exact) mass is 369 g/mol. The molecule has 26 heavy (non-hydrogen) atoms. The van der Waals surface area contributed by atoms with Gasteiger partial charge in [-0.15, -0.1) is 4.72 Å². The van der Waals surface area contributed by atoms with E-state index in [2.05, 4.69) is 19.7 Å². The lowest BCUT2D eigenvalue weighted by molar-refractivity contribution is 0.265. The van der Waals surface area contributed by atoms with E-state index in [4.69, 9.17) is 10.8 Å². The molecule has 0 saturated heterocycles. The van der Waals surface area contributed by atoms with Crippen molar-refractivity contribution in [2.45, 2.75) is 17.9 Å². The summed E-state index contributed by atoms with van der Waals surface area (Å²) in [5.41, 5.74) is 8.64. The number of hydrogen-bond donors (Lipinski definition) is 3. The molecule has 8 heteroatoms.